The van der Waals surface area contributed by atoms with Gasteiger partial charge in [-0.1, -0.05) is 18.2 Å². The molecule has 0 bridgehead atoms. The predicted octanol–water partition coefficient (Wildman–Crippen LogP) is 3.19. The molecule has 0 saturated heterocycles. The number of halogens is 1. The van der Waals surface area contributed by atoms with Crippen LogP contribution in [0.3, 0.4) is 0 Å². The summed E-state index contributed by atoms with van der Waals surface area (Å²) in [6.07, 6.45) is 2.04. The van der Waals surface area contributed by atoms with E-state index in [4.69, 9.17) is 11.6 Å². The molecule has 5 heteroatoms. The Morgan fingerprint density at radius 1 is 1.25 bits per heavy atom. The molecule has 0 aliphatic heterocycles. The number of aromatic nitrogens is 3. The van der Waals surface area contributed by atoms with E-state index in [1.807, 2.05) is 18.3 Å². The Labute approximate surface area is 101 Å². The second kappa shape index (κ2) is 3.88. The highest BCUT2D eigenvalue weighted by Crippen LogP contribution is 2.17. The van der Waals surface area contributed by atoms with Crippen molar-refractivity contribution in [3.63, 3.8) is 0 Å². The van der Waals surface area contributed by atoms with Gasteiger partial charge in [-0.25, -0.2) is 4.98 Å². The SMILES string of the molecule is Clc1nc(Cn2ccc3ccccc32)ns1. The third kappa shape index (κ3) is 1.70. The summed E-state index contributed by atoms with van der Waals surface area (Å²) in [5.74, 6) is 0.761. The van der Waals surface area contributed by atoms with Gasteiger partial charge in [-0.2, -0.15) is 4.37 Å². The summed E-state index contributed by atoms with van der Waals surface area (Å²) >= 11 is 6.98. The molecule has 2 aromatic heterocycles. The van der Waals surface area contributed by atoms with Crippen LogP contribution in [-0.2, 0) is 6.54 Å². The number of rotatable bonds is 2. The van der Waals surface area contributed by atoms with Gasteiger partial charge in [0.1, 0.15) is 0 Å². The van der Waals surface area contributed by atoms with Crippen LogP contribution in [0.2, 0.25) is 4.47 Å². The molecule has 3 rings (SSSR count). The lowest BCUT2D eigenvalue weighted by molar-refractivity contribution is 0.790. The summed E-state index contributed by atoms with van der Waals surface area (Å²) in [6.45, 7) is 0.663. The van der Waals surface area contributed by atoms with E-state index in [0.717, 1.165) is 5.82 Å². The first-order valence-corrected chi connectivity index (χ1v) is 6.00. The van der Waals surface area contributed by atoms with Crippen molar-refractivity contribution in [1.82, 2.24) is 13.9 Å². The summed E-state index contributed by atoms with van der Waals surface area (Å²) in [6, 6.07) is 10.3. The quantitative estimate of drug-likeness (QED) is 0.698. The summed E-state index contributed by atoms with van der Waals surface area (Å²) in [5.41, 5.74) is 1.19. The minimum atomic E-state index is 0.492. The lowest BCUT2D eigenvalue weighted by Gasteiger charge is -2.01. The molecule has 0 spiro atoms. The molecule has 80 valence electrons. The molecule has 16 heavy (non-hydrogen) atoms. The van der Waals surface area contributed by atoms with Gasteiger partial charge >= 0.3 is 0 Å². The van der Waals surface area contributed by atoms with Crippen LogP contribution in [0.1, 0.15) is 5.82 Å². The topological polar surface area (TPSA) is 30.7 Å². The normalized spacial score (nSPS) is 11.1. The standard InChI is InChI=1S/C11H8ClN3S/c12-11-13-10(14-16-11)7-15-6-5-8-3-1-2-4-9(8)15/h1-6H,7H2. The first kappa shape index (κ1) is 9.81. The maximum atomic E-state index is 5.75. The molecule has 3 nitrogen and oxygen atoms in total. The molecule has 0 saturated carbocycles. The average molecular weight is 250 g/mol. The van der Waals surface area contributed by atoms with Crippen LogP contribution in [0, 0.1) is 0 Å². The van der Waals surface area contributed by atoms with Gasteiger partial charge in [0, 0.05) is 11.7 Å². The Morgan fingerprint density at radius 3 is 2.94 bits per heavy atom. The Hall–Kier alpha value is -1.39. The van der Waals surface area contributed by atoms with E-state index in [0.29, 0.717) is 11.0 Å². The van der Waals surface area contributed by atoms with Gasteiger partial charge in [0.15, 0.2) is 5.82 Å². The molecule has 1 aromatic carbocycles. The van der Waals surface area contributed by atoms with Crippen LogP contribution in [0.5, 0.6) is 0 Å². The minimum Gasteiger partial charge on any atom is -0.340 e. The molecule has 0 aliphatic rings. The van der Waals surface area contributed by atoms with Crippen LogP contribution < -0.4 is 0 Å². The second-order valence-electron chi connectivity index (χ2n) is 3.47. The summed E-state index contributed by atoms with van der Waals surface area (Å²) in [5, 5.41) is 1.23. The second-order valence-corrected chi connectivity index (χ2v) is 4.80. The third-order valence-electron chi connectivity index (χ3n) is 2.44. The molecule has 0 N–H and O–H groups in total. The molecular weight excluding hydrogens is 242 g/mol. The van der Waals surface area contributed by atoms with Gasteiger partial charge in [-0.15, -0.1) is 0 Å². The fourth-order valence-corrected chi connectivity index (χ4v) is 2.35. The fraction of sp³-hybridized carbons (Fsp3) is 0.0909. The predicted molar refractivity (Wildman–Crippen MR) is 66.0 cm³/mol. The zero-order chi connectivity index (χ0) is 11.0. The van der Waals surface area contributed by atoms with E-state index >= 15 is 0 Å². The molecule has 3 aromatic rings. The molecule has 0 radical (unpaired) electrons. The fourth-order valence-electron chi connectivity index (χ4n) is 1.73. The summed E-state index contributed by atoms with van der Waals surface area (Å²) in [4.78, 5) is 4.14. The van der Waals surface area contributed by atoms with Crippen LogP contribution in [0.25, 0.3) is 10.9 Å². The Balaban J connectivity index is 2.00. The van der Waals surface area contributed by atoms with Gasteiger partial charge in [0.05, 0.1) is 6.54 Å². The lowest BCUT2D eigenvalue weighted by Crippen LogP contribution is -1.99. The van der Waals surface area contributed by atoms with Gasteiger partial charge in [0.25, 0.3) is 0 Å². The third-order valence-corrected chi connectivity index (χ3v) is 3.27. The van der Waals surface area contributed by atoms with Crippen molar-refractivity contribution in [3.8, 4) is 0 Å². The van der Waals surface area contributed by atoms with E-state index < -0.39 is 0 Å². The largest absolute Gasteiger partial charge is 0.340 e. The number of nitrogens with zero attached hydrogens (tertiary/aromatic N) is 3. The van der Waals surface area contributed by atoms with E-state index in [9.17, 15) is 0 Å². The molecule has 0 fully saturated rings. The van der Waals surface area contributed by atoms with Crippen molar-refractivity contribution in [2.75, 3.05) is 0 Å². The van der Waals surface area contributed by atoms with E-state index in [1.165, 1.54) is 22.4 Å². The average Bonchev–Trinajstić information content (AvgIpc) is 2.87. The monoisotopic (exact) mass is 249 g/mol. The Kier molecular flexibility index (Phi) is 2.38. The van der Waals surface area contributed by atoms with Gasteiger partial charge < -0.3 is 4.57 Å². The van der Waals surface area contributed by atoms with Crippen molar-refractivity contribution in [2.24, 2.45) is 0 Å². The highest BCUT2D eigenvalue weighted by atomic mass is 35.5. The van der Waals surface area contributed by atoms with E-state index in [1.54, 1.807) is 0 Å². The zero-order valence-corrected chi connectivity index (χ0v) is 9.87. The molecule has 0 aliphatic carbocycles. The summed E-state index contributed by atoms with van der Waals surface area (Å²) < 4.78 is 6.79. The van der Waals surface area contributed by atoms with Gasteiger partial charge in [0.2, 0.25) is 4.47 Å². The molecular formula is C11H8ClN3S. The first-order valence-electron chi connectivity index (χ1n) is 4.85. The van der Waals surface area contributed by atoms with Gasteiger partial charge in [-0.05, 0) is 40.7 Å². The van der Waals surface area contributed by atoms with Crippen molar-refractivity contribution < 1.29 is 0 Å². The first-order chi connectivity index (χ1) is 7.83. The van der Waals surface area contributed by atoms with Crippen molar-refractivity contribution >= 4 is 34.0 Å². The molecule has 0 unspecified atom stereocenters. The van der Waals surface area contributed by atoms with E-state index in [2.05, 4.69) is 32.1 Å². The Morgan fingerprint density at radius 2 is 2.12 bits per heavy atom. The number of benzene rings is 1. The summed E-state index contributed by atoms with van der Waals surface area (Å²) in [7, 11) is 0. The molecule has 0 amide bonds. The maximum Gasteiger partial charge on any atom is 0.203 e. The van der Waals surface area contributed by atoms with Crippen LogP contribution in [-0.4, -0.2) is 13.9 Å². The number of fused-ring (bicyclic) bond motifs is 1. The van der Waals surface area contributed by atoms with Crippen molar-refractivity contribution in [1.29, 1.82) is 0 Å². The maximum absolute atomic E-state index is 5.75. The number of para-hydroxylation sites is 1. The highest BCUT2D eigenvalue weighted by Gasteiger charge is 2.05. The highest BCUT2D eigenvalue weighted by molar-refractivity contribution is 7.10. The molecule has 2 heterocycles. The van der Waals surface area contributed by atoms with Gasteiger partial charge in [-0.3, -0.25) is 0 Å². The molecule has 0 atom stereocenters. The zero-order valence-electron chi connectivity index (χ0n) is 8.30. The minimum absolute atomic E-state index is 0.492. The number of hydrogen-bond acceptors (Lipinski definition) is 3. The lowest BCUT2D eigenvalue weighted by atomic mass is 10.2. The Bertz CT molecular complexity index is 629. The van der Waals surface area contributed by atoms with Crippen molar-refractivity contribution in [3.05, 3.63) is 46.8 Å². The van der Waals surface area contributed by atoms with E-state index in [-0.39, 0.29) is 0 Å². The smallest absolute Gasteiger partial charge is 0.203 e. The van der Waals surface area contributed by atoms with Crippen molar-refractivity contribution in [2.45, 2.75) is 6.54 Å². The number of hydrogen-bond donors (Lipinski definition) is 0. The van der Waals surface area contributed by atoms with Crippen LogP contribution in [0.4, 0.5) is 0 Å². The van der Waals surface area contributed by atoms with Crippen LogP contribution >= 0.6 is 23.1 Å². The van der Waals surface area contributed by atoms with Crippen LogP contribution in [0.15, 0.2) is 36.5 Å².